The summed E-state index contributed by atoms with van der Waals surface area (Å²) >= 11 is 0. The smallest absolute Gasteiger partial charge is 0.133 e. The maximum Gasteiger partial charge on any atom is 0.133 e. The molecular formula is C12H19NO4. The van der Waals surface area contributed by atoms with E-state index in [9.17, 15) is 10.2 Å². The molecule has 5 nitrogen and oxygen atoms in total. The monoisotopic (exact) mass is 241 g/mol. The molecule has 0 aromatic carbocycles. The van der Waals surface area contributed by atoms with Gasteiger partial charge in [-0.05, 0) is 12.1 Å². The first-order valence-corrected chi connectivity index (χ1v) is 5.92. The molecular weight excluding hydrogens is 222 g/mol. The third kappa shape index (κ3) is 3.54. The van der Waals surface area contributed by atoms with E-state index in [1.165, 1.54) is 6.26 Å². The summed E-state index contributed by atoms with van der Waals surface area (Å²) < 4.78 is 10.3. The van der Waals surface area contributed by atoms with Crippen LogP contribution in [0.2, 0.25) is 0 Å². The Morgan fingerprint density at radius 3 is 2.82 bits per heavy atom. The molecule has 2 heterocycles. The standard InChI is InChI=1S/C12H19NO4/c14-10(11-2-1-5-17-11)8-13-9-12(15)3-6-16-7-4-12/h1-2,5,10,13-15H,3-4,6-9H2. The highest BCUT2D eigenvalue weighted by Gasteiger charge is 2.29. The Balaban J connectivity index is 1.72. The molecule has 17 heavy (non-hydrogen) atoms. The van der Waals surface area contributed by atoms with Gasteiger partial charge in [-0.25, -0.2) is 0 Å². The van der Waals surface area contributed by atoms with Crippen molar-refractivity contribution in [2.24, 2.45) is 0 Å². The number of aliphatic hydroxyl groups excluding tert-OH is 1. The Morgan fingerprint density at radius 2 is 2.18 bits per heavy atom. The summed E-state index contributed by atoms with van der Waals surface area (Å²) in [6, 6.07) is 3.47. The summed E-state index contributed by atoms with van der Waals surface area (Å²) in [6.45, 7) is 2.03. The molecule has 1 saturated heterocycles. The molecule has 0 spiro atoms. The molecule has 1 atom stereocenters. The molecule has 1 aliphatic heterocycles. The van der Waals surface area contributed by atoms with Crippen LogP contribution in [-0.2, 0) is 4.74 Å². The fraction of sp³-hybridized carbons (Fsp3) is 0.667. The van der Waals surface area contributed by atoms with Gasteiger partial charge in [0.25, 0.3) is 0 Å². The maximum atomic E-state index is 10.2. The van der Waals surface area contributed by atoms with Crippen LogP contribution in [0.3, 0.4) is 0 Å². The van der Waals surface area contributed by atoms with E-state index in [0.29, 0.717) is 44.9 Å². The molecule has 0 bridgehead atoms. The zero-order valence-corrected chi connectivity index (χ0v) is 9.76. The highest BCUT2D eigenvalue weighted by Crippen LogP contribution is 2.19. The number of ether oxygens (including phenoxy) is 1. The summed E-state index contributed by atoms with van der Waals surface area (Å²) in [4.78, 5) is 0. The largest absolute Gasteiger partial charge is 0.467 e. The fourth-order valence-electron chi connectivity index (χ4n) is 1.95. The van der Waals surface area contributed by atoms with E-state index in [4.69, 9.17) is 9.15 Å². The van der Waals surface area contributed by atoms with E-state index in [2.05, 4.69) is 5.32 Å². The van der Waals surface area contributed by atoms with Crippen LogP contribution in [0.15, 0.2) is 22.8 Å². The second-order valence-corrected chi connectivity index (χ2v) is 4.50. The zero-order valence-electron chi connectivity index (χ0n) is 9.76. The first-order chi connectivity index (χ1) is 8.20. The van der Waals surface area contributed by atoms with Crippen molar-refractivity contribution in [3.8, 4) is 0 Å². The van der Waals surface area contributed by atoms with Gasteiger partial charge in [0.05, 0.1) is 11.9 Å². The summed E-state index contributed by atoms with van der Waals surface area (Å²) in [6.07, 6.45) is 2.13. The minimum absolute atomic E-state index is 0.372. The number of hydrogen-bond donors (Lipinski definition) is 3. The molecule has 1 aliphatic rings. The molecule has 96 valence electrons. The van der Waals surface area contributed by atoms with Gasteiger partial charge in [-0.2, -0.15) is 0 Å². The van der Waals surface area contributed by atoms with Crippen LogP contribution >= 0.6 is 0 Å². The molecule has 0 saturated carbocycles. The van der Waals surface area contributed by atoms with Crippen molar-refractivity contribution in [3.05, 3.63) is 24.2 Å². The Hall–Kier alpha value is -0.880. The summed E-state index contributed by atoms with van der Waals surface area (Å²) in [5, 5.41) is 23.0. The maximum absolute atomic E-state index is 10.2. The summed E-state index contributed by atoms with van der Waals surface area (Å²) in [5.41, 5.74) is -0.707. The van der Waals surface area contributed by atoms with E-state index in [-0.39, 0.29) is 0 Å². The van der Waals surface area contributed by atoms with E-state index in [0.717, 1.165) is 0 Å². The summed E-state index contributed by atoms with van der Waals surface area (Å²) in [7, 11) is 0. The predicted octanol–water partition coefficient (Wildman–Crippen LogP) is 0.444. The fourth-order valence-corrected chi connectivity index (χ4v) is 1.95. The van der Waals surface area contributed by atoms with Gasteiger partial charge in [0.1, 0.15) is 11.9 Å². The molecule has 1 unspecified atom stereocenters. The van der Waals surface area contributed by atoms with Crippen LogP contribution in [0.5, 0.6) is 0 Å². The molecule has 1 fully saturated rings. The van der Waals surface area contributed by atoms with E-state index in [1.54, 1.807) is 12.1 Å². The Labute approximate surface area is 100 Å². The van der Waals surface area contributed by atoms with Crippen LogP contribution in [0, 0.1) is 0 Å². The number of rotatable bonds is 5. The highest BCUT2D eigenvalue weighted by atomic mass is 16.5. The second-order valence-electron chi connectivity index (χ2n) is 4.50. The van der Waals surface area contributed by atoms with E-state index in [1.807, 2.05) is 0 Å². The topological polar surface area (TPSA) is 74.9 Å². The quantitative estimate of drug-likeness (QED) is 0.697. The molecule has 1 aromatic rings. The van der Waals surface area contributed by atoms with Gasteiger partial charge >= 0.3 is 0 Å². The van der Waals surface area contributed by atoms with Gasteiger partial charge in [-0.1, -0.05) is 0 Å². The number of aliphatic hydroxyl groups is 2. The van der Waals surface area contributed by atoms with Crippen LogP contribution in [0.1, 0.15) is 24.7 Å². The SMILES string of the molecule is OC(CNCC1(O)CCOCC1)c1ccco1. The lowest BCUT2D eigenvalue weighted by Gasteiger charge is -2.32. The van der Waals surface area contributed by atoms with Crippen LogP contribution in [0.25, 0.3) is 0 Å². The normalized spacial score (nSPS) is 21.3. The summed E-state index contributed by atoms with van der Waals surface area (Å²) in [5.74, 6) is 0.538. The Bertz CT molecular complexity index is 319. The lowest BCUT2D eigenvalue weighted by molar-refractivity contribution is -0.0625. The zero-order chi connectivity index (χ0) is 12.1. The minimum atomic E-state index is -0.707. The van der Waals surface area contributed by atoms with Gasteiger partial charge in [0.2, 0.25) is 0 Å². The van der Waals surface area contributed by atoms with Gasteiger partial charge in [0.15, 0.2) is 0 Å². The van der Waals surface area contributed by atoms with Crippen molar-refractivity contribution in [1.29, 1.82) is 0 Å². The first-order valence-electron chi connectivity index (χ1n) is 5.92. The van der Waals surface area contributed by atoms with Gasteiger partial charge in [-0.3, -0.25) is 0 Å². The molecule has 3 N–H and O–H groups in total. The van der Waals surface area contributed by atoms with E-state index < -0.39 is 11.7 Å². The second kappa shape index (κ2) is 5.64. The number of hydrogen-bond acceptors (Lipinski definition) is 5. The molecule has 5 heteroatoms. The van der Waals surface area contributed by atoms with Crippen molar-refractivity contribution in [3.63, 3.8) is 0 Å². The van der Waals surface area contributed by atoms with Crippen molar-refractivity contribution in [2.45, 2.75) is 24.5 Å². The van der Waals surface area contributed by atoms with Crippen LogP contribution in [-0.4, -0.2) is 42.1 Å². The Morgan fingerprint density at radius 1 is 1.41 bits per heavy atom. The van der Waals surface area contributed by atoms with Crippen LogP contribution < -0.4 is 5.32 Å². The number of nitrogens with one attached hydrogen (secondary N) is 1. The average molecular weight is 241 g/mol. The minimum Gasteiger partial charge on any atom is -0.467 e. The molecule has 1 aromatic heterocycles. The predicted molar refractivity (Wildman–Crippen MR) is 61.5 cm³/mol. The third-order valence-corrected chi connectivity index (χ3v) is 3.09. The van der Waals surface area contributed by atoms with Crippen LogP contribution in [0.4, 0.5) is 0 Å². The molecule has 0 amide bonds. The number of furan rings is 1. The lowest BCUT2D eigenvalue weighted by Crippen LogP contribution is -2.45. The van der Waals surface area contributed by atoms with Crippen molar-refractivity contribution < 1.29 is 19.4 Å². The Kier molecular flexibility index (Phi) is 4.17. The molecule has 2 rings (SSSR count). The lowest BCUT2D eigenvalue weighted by atomic mass is 9.94. The average Bonchev–Trinajstić information content (AvgIpc) is 2.83. The first kappa shape index (κ1) is 12.6. The van der Waals surface area contributed by atoms with Crippen molar-refractivity contribution in [1.82, 2.24) is 5.32 Å². The van der Waals surface area contributed by atoms with Gasteiger partial charge in [-0.15, -0.1) is 0 Å². The molecule has 0 aliphatic carbocycles. The van der Waals surface area contributed by atoms with Crippen molar-refractivity contribution in [2.75, 3.05) is 26.3 Å². The van der Waals surface area contributed by atoms with Gasteiger partial charge < -0.3 is 24.7 Å². The van der Waals surface area contributed by atoms with Crippen molar-refractivity contribution >= 4 is 0 Å². The highest BCUT2D eigenvalue weighted by molar-refractivity contribution is 5.02. The third-order valence-electron chi connectivity index (χ3n) is 3.09. The molecule has 0 radical (unpaired) electrons. The van der Waals surface area contributed by atoms with Gasteiger partial charge in [0, 0.05) is 39.1 Å². The van der Waals surface area contributed by atoms with E-state index >= 15 is 0 Å².